The van der Waals surface area contributed by atoms with E-state index in [-0.39, 0.29) is 11.5 Å². The lowest BCUT2D eigenvalue weighted by molar-refractivity contribution is -0.364. The molecule has 296 valence electrons. The van der Waals surface area contributed by atoms with Gasteiger partial charge >= 0.3 is 0 Å². The zero-order chi connectivity index (χ0) is 37.0. The molecule has 2 heterocycles. The number of aliphatic hydroxyl groups excluding tert-OH is 7. The number of hydrogen-bond acceptors (Lipinski definition) is 11. The van der Waals surface area contributed by atoms with Crippen molar-refractivity contribution >= 4 is 0 Å². The fourth-order valence-electron chi connectivity index (χ4n) is 12.2. The zero-order valence-electron chi connectivity index (χ0n) is 31.9. The van der Waals surface area contributed by atoms with Gasteiger partial charge in [0.25, 0.3) is 0 Å². The summed E-state index contributed by atoms with van der Waals surface area (Å²) in [6, 6.07) is 0. The van der Waals surface area contributed by atoms with Crippen LogP contribution in [0.15, 0.2) is 0 Å². The summed E-state index contributed by atoms with van der Waals surface area (Å²) in [5.74, 6) is 6.00. The summed E-state index contributed by atoms with van der Waals surface area (Å²) in [4.78, 5) is 0. The Morgan fingerprint density at radius 3 is 1.96 bits per heavy atom. The van der Waals surface area contributed by atoms with E-state index in [0.29, 0.717) is 11.3 Å². The summed E-state index contributed by atoms with van der Waals surface area (Å²) in [6.07, 6.45) is -1.27. The third-order valence-corrected chi connectivity index (χ3v) is 15.9. The van der Waals surface area contributed by atoms with E-state index >= 15 is 0 Å². The van der Waals surface area contributed by atoms with Crippen molar-refractivity contribution in [3.63, 3.8) is 0 Å². The monoisotopic (exact) mass is 726 g/mol. The molecule has 0 spiro atoms. The number of ether oxygens (including phenoxy) is 4. The third-order valence-electron chi connectivity index (χ3n) is 15.9. The molecule has 2 unspecified atom stereocenters. The summed E-state index contributed by atoms with van der Waals surface area (Å²) in [5.41, 5.74) is 0.706. The minimum absolute atomic E-state index is 0.160. The van der Waals surface area contributed by atoms with Crippen molar-refractivity contribution in [1.29, 1.82) is 0 Å². The predicted octanol–water partition coefficient (Wildman–Crippen LogP) is 3.36. The molecule has 0 aromatic carbocycles. The summed E-state index contributed by atoms with van der Waals surface area (Å²) in [5, 5.41) is 72.7. The molecule has 51 heavy (non-hydrogen) atoms. The molecule has 6 fully saturated rings. The van der Waals surface area contributed by atoms with Crippen molar-refractivity contribution in [1.82, 2.24) is 0 Å². The van der Waals surface area contributed by atoms with Gasteiger partial charge in [-0.05, 0) is 116 Å². The first-order valence-corrected chi connectivity index (χ1v) is 20.4. The molecule has 6 aliphatic rings. The van der Waals surface area contributed by atoms with Gasteiger partial charge in [-0.2, -0.15) is 0 Å². The molecule has 11 nitrogen and oxygen atoms in total. The third kappa shape index (κ3) is 7.46. The summed E-state index contributed by atoms with van der Waals surface area (Å²) < 4.78 is 23.5. The molecule has 4 saturated carbocycles. The average Bonchev–Trinajstić information content (AvgIpc) is 3.47. The van der Waals surface area contributed by atoms with E-state index in [2.05, 4.69) is 41.5 Å². The molecule has 11 heteroatoms. The number of fused-ring (bicyclic) bond motifs is 5. The second-order valence-corrected chi connectivity index (χ2v) is 18.7. The van der Waals surface area contributed by atoms with Crippen LogP contribution in [-0.2, 0) is 18.9 Å². The van der Waals surface area contributed by atoms with Crippen LogP contribution in [0.2, 0.25) is 0 Å². The van der Waals surface area contributed by atoms with Gasteiger partial charge in [0.05, 0.1) is 19.3 Å². The normalized spacial score (nSPS) is 51.4. The molecule has 7 N–H and O–H groups in total. The highest BCUT2D eigenvalue weighted by Gasteiger charge is 2.61. The molecule has 2 saturated heterocycles. The van der Waals surface area contributed by atoms with Crippen molar-refractivity contribution in [2.24, 2.45) is 58.2 Å². The van der Waals surface area contributed by atoms with Crippen molar-refractivity contribution in [3.05, 3.63) is 0 Å². The summed E-state index contributed by atoms with van der Waals surface area (Å²) in [6.45, 7) is 13.6. The van der Waals surface area contributed by atoms with Gasteiger partial charge in [-0.25, -0.2) is 0 Å². The Balaban J connectivity index is 1.05. The first-order valence-electron chi connectivity index (χ1n) is 20.4. The first-order chi connectivity index (χ1) is 24.1. The van der Waals surface area contributed by atoms with E-state index in [1.807, 2.05) is 0 Å². The highest BCUT2D eigenvalue weighted by molar-refractivity contribution is 5.10. The SMILES string of the molecule is CC(C)[C@H](C)CC[C@@H](C)[C@H]1CC[C@H]2C3CC[C@H]4C[C@@H](O[C@@H]5O[C@H](CO)[C@@H](O[C@@H]6O[C@H](CO)[C@@H](O)[C@H](O)[C@H]6O)[C@H](O)[C@H]5O)CC[C@]4(C)C3CC[C@]12C. The van der Waals surface area contributed by atoms with Gasteiger partial charge in [0, 0.05) is 0 Å². The van der Waals surface area contributed by atoms with Crippen molar-refractivity contribution in [2.75, 3.05) is 13.2 Å². The number of aliphatic hydroxyl groups is 7. The van der Waals surface area contributed by atoms with E-state index in [4.69, 9.17) is 18.9 Å². The van der Waals surface area contributed by atoms with E-state index in [9.17, 15) is 35.7 Å². The minimum atomic E-state index is -1.70. The molecule has 0 radical (unpaired) electrons. The van der Waals surface area contributed by atoms with Crippen LogP contribution in [0.25, 0.3) is 0 Å². The molecule has 2 aliphatic heterocycles. The van der Waals surface area contributed by atoms with Gasteiger partial charge in [0.2, 0.25) is 0 Å². The Labute approximate surface area is 305 Å². The maximum atomic E-state index is 11.1. The summed E-state index contributed by atoms with van der Waals surface area (Å²) in [7, 11) is 0. The second kappa shape index (κ2) is 16.0. The van der Waals surface area contributed by atoms with E-state index < -0.39 is 74.6 Å². The molecule has 4 aliphatic carbocycles. The lowest BCUT2D eigenvalue weighted by Gasteiger charge is -2.61. The average molecular weight is 727 g/mol. The first kappa shape index (κ1) is 40.2. The quantitative estimate of drug-likeness (QED) is 0.155. The maximum absolute atomic E-state index is 11.1. The van der Waals surface area contributed by atoms with Crippen molar-refractivity contribution < 1.29 is 54.7 Å². The molecule has 0 bridgehead atoms. The van der Waals surface area contributed by atoms with Crippen LogP contribution < -0.4 is 0 Å². The highest BCUT2D eigenvalue weighted by atomic mass is 16.7. The molecule has 6 rings (SSSR count). The molecule has 0 amide bonds. The Bertz CT molecular complexity index is 1140. The molecule has 0 aromatic heterocycles. The van der Waals surface area contributed by atoms with Crippen LogP contribution in [-0.4, -0.2) is 116 Å². The lowest BCUT2D eigenvalue weighted by atomic mass is 9.44. The van der Waals surface area contributed by atoms with Gasteiger partial charge < -0.3 is 54.7 Å². The zero-order valence-corrected chi connectivity index (χ0v) is 31.9. The van der Waals surface area contributed by atoms with Gasteiger partial charge in [0.1, 0.15) is 48.8 Å². The van der Waals surface area contributed by atoms with E-state index in [1.54, 1.807) is 0 Å². The predicted molar refractivity (Wildman–Crippen MR) is 189 cm³/mol. The van der Waals surface area contributed by atoms with Crippen LogP contribution in [0, 0.1) is 58.2 Å². The fourth-order valence-corrected chi connectivity index (χ4v) is 12.2. The maximum Gasteiger partial charge on any atom is 0.187 e. The minimum Gasteiger partial charge on any atom is -0.394 e. The van der Waals surface area contributed by atoms with Crippen molar-refractivity contribution in [3.8, 4) is 0 Å². The van der Waals surface area contributed by atoms with Crippen molar-refractivity contribution in [2.45, 2.75) is 180 Å². The smallest absolute Gasteiger partial charge is 0.187 e. The topological polar surface area (TPSA) is 179 Å². The largest absolute Gasteiger partial charge is 0.394 e. The van der Waals surface area contributed by atoms with Crippen LogP contribution in [0.1, 0.15) is 112 Å². The molecular weight excluding hydrogens is 656 g/mol. The lowest BCUT2D eigenvalue weighted by Crippen LogP contribution is -2.65. The van der Waals surface area contributed by atoms with Gasteiger partial charge in [-0.3, -0.25) is 0 Å². The Morgan fingerprint density at radius 2 is 1.27 bits per heavy atom. The van der Waals surface area contributed by atoms with Crippen LogP contribution in [0.4, 0.5) is 0 Å². The van der Waals surface area contributed by atoms with Crippen LogP contribution in [0.3, 0.4) is 0 Å². The standard InChI is InChI=1S/C40H70O11/c1-20(2)21(3)7-8-22(4)26-11-12-27-25-10-9-23-17-24(13-15-39(23,5)28(25)14-16-40(26,27)6)48-37-35(47)33(45)36(30(19-42)50-37)51-38-34(46)32(44)31(43)29(18-41)49-38/h20-38,41-47H,7-19H2,1-6H3/t21-,22-,23+,24+,25?,26-,27+,28?,29-,30-,31-,32+,33-,34-,35-,36-,37-,38+,39+,40-/m1/s1. The molecule has 0 aromatic rings. The second-order valence-electron chi connectivity index (χ2n) is 18.7. The number of rotatable bonds is 11. The van der Waals surface area contributed by atoms with Crippen LogP contribution in [0.5, 0.6) is 0 Å². The Morgan fingerprint density at radius 1 is 0.647 bits per heavy atom. The van der Waals surface area contributed by atoms with Gasteiger partial charge in [0.15, 0.2) is 12.6 Å². The van der Waals surface area contributed by atoms with Gasteiger partial charge in [-0.15, -0.1) is 0 Å². The molecular formula is C40H70O11. The van der Waals surface area contributed by atoms with E-state index in [1.165, 1.54) is 51.4 Å². The summed E-state index contributed by atoms with van der Waals surface area (Å²) >= 11 is 0. The highest BCUT2D eigenvalue weighted by Crippen LogP contribution is 2.68. The molecule has 20 atom stereocenters. The number of hydrogen-bond donors (Lipinski definition) is 7. The van der Waals surface area contributed by atoms with Crippen LogP contribution >= 0.6 is 0 Å². The fraction of sp³-hybridized carbons (Fsp3) is 1.00. The Kier molecular flexibility index (Phi) is 12.6. The van der Waals surface area contributed by atoms with Gasteiger partial charge in [-0.1, -0.05) is 54.4 Å². The Hall–Kier alpha value is -0.440. The van der Waals surface area contributed by atoms with E-state index in [0.717, 1.165) is 60.7 Å².